The van der Waals surface area contributed by atoms with E-state index >= 15 is 0 Å². The van der Waals surface area contributed by atoms with Gasteiger partial charge in [-0.1, -0.05) is 13.3 Å². The summed E-state index contributed by atoms with van der Waals surface area (Å²) in [5, 5.41) is 11.8. The molecule has 70 valence electrons. The summed E-state index contributed by atoms with van der Waals surface area (Å²) in [5.74, 6) is 0.816. The van der Waals surface area contributed by atoms with Crippen LogP contribution in [0, 0.1) is 11.8 Å². The summed E-state index contributed by atoms with van der Waals surface area (Å²) in [6.07, 6.45) is 2.55. The van der Waals surface area contributed by atoms with Gasteiger partial charge in [-0.3, -0.25) is 4.79 Å². The molecule has 0 aromatic heterocycles. The first-order chi connectivity index (χ1) is 5.76. The molecule has 1 rings (SSSR count). The molecule has 0 radical (unpaired) electrons. The van der Waals surface area contributed by atoms with Gasteiger partial charge >= 0.3 is 0 Å². The van der Waals surface area contributed by atoms with Crippen molar-refractivity contribution in [1.29, 1.82) is 0 Å². The van der Waals surface area contributed by atoms with Crippen molar-refractivity contribution in [3.05, 3.63) is 0 Å². The highest BCUT2D eigenvalue weighted by Crippen LogP contribution is 2.20. The standard InChI is InChI=1S/C9H17NO2/c1-2-7-3-8(6-11)4-9(12)10-5-7/h7-8,11H,2-6H2,1H3,(H,10,12)/t7-,8-/m1/s1. The van der Waals surface area contributed by atoms with Crippen molar-refractivity contribution < 1.29 is 9.90 Å². The lowest BCUT2D eigenvalue weighted by Gasteiger charge is -2.14. The quantitative estimate of drug-likeness (QED) is 0.636. The highest BCUT2D eigenvalue weighted by atomic mass is 16.3. The molecule has 3 heteroatoms. The zero-order valence-electron chi connectivity index (χ0n) is 7.55. The van der Waals surface area contributed by atoms with Crippen molar-refractivity contribution in [3.8, 4) is 0 Å². The maximum Gasteiger partial charge on any atom is 0.220 e. The Balaban J connectivity index is 2.49. The number of nitrogens with one attached hydrogen (secondary N) is 1. The van der Waals surface area contributed by atoms with Crippen molar-refractivity contribution in [1.82, 2.24) is 5.32 Å². The molecule has 1 aliphatic rings. The first kappa shape index (κ1) is 9.52. The van der Waals surface area contributed by atoms with E-state index in [9.17, 15) is 4.79 Å². The monoisotopic (exact) mass is 171 g/mol. The smallest absolute Gasteiger partial charge is 0.220 e. The second-order valence-electron chi connectivity index (χ2n) is 3.57. The van der Waals surface area contributed by atoms with E-state index < -0.39 is 0 Å². The lowest BCUT2D eigenvalue weighted by Crippen LogP contribution is -2.25. The van der Waals surface area contributed by atoms with Gasteiger partial charge in [0.05, 0.1) is 0 Å². The van der Waals surface area contributed by atoms with Crippen LogP contribution in [0.25, 0.3) is 0 Å². The number of hydrogen-bond acceptors (Lipinski definition) is 2. The summed E-state index contributed by atoms with van der Waals surface area (Å²) in [4.78, 5) is 11.1. The molecular weight excluding hydrogens is 154 g/mol. The summed E-state index contributed by atoms with van der Waals surface area (Å²) < 4.78 is 0. The number of carbonyl (C=O) groups is 1. The van der Waals surface area contributed by atoms with E-state index in [4.69, 9.17) is 5.11 Å². The van der Waals surface area contributed by atoms with Crippen molar-refractivity contribution in [3.63, 3.8) is 0 Å². The van der Waals surface area contributed by atoms with Crippen LogP contribution in [0.1, 0.15) is 26.2 Å². The molecule has 2 N–H and O–H groups in total. The second-order valence-corrected chi connectivity index (χ2v) is 3.57. The Kier molecular flexibility index (Phi) is 3.53. The summed E-state index contributed by atoms with van der Waals surface area (Å²) >= 11 is 0. The van der Waals surface area contributed by atoms with Gasteiger partial charge in [0, 0.05) is 19.6 Å². The Labute approximate surface area is 73.2 Å². The van der Waals surface area contributed by atoms with Crippen LogP contribution in [0.4, 0.5) is 0 Å². The van der Waals surface area contributed by atoms with Gasteiger partial charge in [0.25, 0.3) is 0 Å². The highest BCUT2D eigenvalue weighted by molar-refractivity contribution is 5.76. The van der Waals surface area contributed by atoms with Crippen LogP contribution in [0.3, 0.4) is 0 Å². The molecule has 1 amide bonds. The van der Waals surface area contributed by atoms with E-state index in [1.165, 1.54) is 0 Å². The number of hydrogen-bond donors (Lipinski definition) is 2. The topological polar surface area (TPSA) is 49.3 Å². The van der Waals surface area contributed by atoms with Crippen molar-refractivity contribution in [2.75, 3.05) is 13.2 Å². The number of carbonyl (C=O) groups excluding carboxylic acids is 1. The zero-order chi connectivity index (χ0) is 8.97. The maximum absolute atomic E-state index is 11.1. The molecule has 3 nitrogen and oxygen atoms in total. The minimum Gasteiger partial charge on any atom is -0.396 e. The molecule has 1 saturated heterocycles. The molecule has 1 fully saturated rings. The third kappa shape index (κ3) is 2.48. The molecule has 0 unspecified atom stereocenters. The van der Waals surface area contributed by atoms with E-state index in [-0.39, 0.29) is 18.4 Å². The maximum atomic E-state index is 11.1. The second kappa shape index (κ2) is 4.45. The van der Waals surface area contributed by atoms with Gasteiger partial charge in [-0.25, -0.2) is 0 Å². The fourth-order valence-corrected chi connectivity index (χ4v) is 1.68. The third-order valence-corrected chi connectivity index (χ3v) is 2.56. The first-order valence-electron chi connectivity index (χ1n) is 4.63. The van der Waals surface area contributed by atoms with Crippen LogP contribution < -0.4 is 5.32 Å². The van der Waals surface area contributed by atoms with E-state index in [2.05, 4.69) is 12.2 Å². The van der Waals surface area contributed by atoms with E-state index in [0.29, 0.717) is 12.3 Å². The molecule has 0 saturated carbocycles. The minimum atomic E-state index is 0.0880. The summed E-state index contributed by atoms with van der Waals surface area (Å²) in [5.41, 5.74) is 0. The predicted octanol–water partition coefficient (Wildman–Crippen LogP) is 0.531. The number of amides is 1. The van der Waals surface area contributed by atoms with Crippen molar-refractivity contribution >= 4 is 5.91 Å². The summed E-state index contributed by atoms with van der Waals surface area (Å²) in [6.45, 7) is 3.05. The Hall–Kier alpha value is -0.570. The Morgan fingerprint density at radius 1 is 1.58 bits per heavy atom. The molecule has 0 bridgehead atoms. The predicted molar refractivity (Wildman–Crippen MR) is 46.6 cm³/mol. The van der Waals surface area contributed by atoms with Crippen LogP contribution in [0.5, 0.6) is 0 Å². The molecule has 0 aliphatic carbocycles. The largest absolute Gasteiger partial charge is 0.396 e. The van der Waals surface area contributed by atoms with Gasteiger partial charge < -0.3 is 10.4 Å². The van der Waals surface area contributed by atoms with Crippen LogP contribution in [0.2, 0.25) is 0 Å². The van der Waals surface area contributed by atoms with Gasteiger partial charge in [0.2, 0.25) is 5.91 Å². The molecule has 2 atom stereocenters. The number of aliphatic hydroxyl groups is 1. The Bertz CT molecular complexity index is 159. The van der Waals surface area contributed by atoms with Gasteiger partial charge in [-0.2, -0.15) is 0 Å². The normalized spacial score (nSPS) is 31.0. The Morgan fingerprint density at radius 2 is 2.33 bits per heavy atom. The first-order valence-corrected chi connectivity index (χ1v) is 4.63. The molecule has 0 aromatic rings. The summed E-state index contributed by atoms with van der Waals surface area (Å²) in [7, 11) is 0. The molecule has 0 aromatic carbocycles. The molecular formula is C9H17NO2. The fraction of sp³-hybridized carbons (Fsp3) is 0.889. The minimum absolute atomic E-state index is 0.0880. The third-order valence-electron chi connectivity index (χ3n) is 2.56. The van der Waals surface area contributed by atoms with Crippen LogP contribution in [-0.4, -0.2) is 24.2 Å². The van der Waals surface area contributed by atoms with Gasteiger partial charge in [0.15, 0.2) is 0 Å². The average molecular weight is 171 g/mol. The van der Waals surface area contributed by atoms with Gasteiger partial charge in [-0.05, 0) is 18.3 Å². The number of aliphatic hydroxyl groups excluding tert-OH is 1. The van der Waals surface area contributed by atoms with E-state index in [1.807, 2.05) is 0 Å². The van der Waals surface area contributed by atoms with E-state index in [1.54, 1.807) is 0 Å². The average Bonchev–Trinajstić information content (AvgIpc) is 2.26. The molecule has 0 spiro atoms. The molecule has 1 aliphatic heterocycles. The molecule has 12 heavy (non-hydrogen) atoms. The SMILES string of the molecule is CC[C@H]1CNC(=O)C[C@H](CO)C1. The van der Waals surface area contributed by atoms with Gasteiger partial charge in [0.1, 0.15) is 0 Å². The van der Waals surface area contributed by atoms with Crippen LogP contribution in [0.15, 0.2) is 0 Å². The Morgan fingerprint density at radius 3 is 2.92 bits per heavy atom. The highest BCUT2D eigenvalue weighted by Gasteiger charge is 2.21. The fourth-order valence-electron chi connectivity index (χ4n) is 1.68. The van der Waals surface area contributed by atoms with Crippen molar-refractivity contribution in [2.24, 2.45) is 11.8 Å². The number of rotatable bonds is 2. The van der Waals surface area contributed by atoms with E-state index in [0.717, 1.165) is 19.4 Å². The molecule has 1 heterocycles. The van der Waals surface area contributed by atoms with Gasteiger partial charge in [-0.15, -0.1) is 0 Å². The summed E-state index contributed by atoms with van der Waals surface area (Å²) in [6, 6.07) is 0. The lowest BCUT2D eigenvalue weighted by molar-refractivity contribution is -0.121. The van der Waals surface area contributed by atoms with Crippen molar-refractivity contribution in [2.45, 2.75) is 26.2 Å². The van der Waals surface area contributed by atoms with Crippen LogP contribution in [-0.2, 0) is 4.79 Å². The lowest BCUT2D eigenvalue weighted by atomic mass is 9.92. The zero-order valence-corrected chi connectivity index (χ0v) is 7.55. The van der Waals surface area contributed by atoms with Crippen LogP contribution >= 0.6 is 0 Å².